The number of nitrogens with one attached hydrogen (secondary N) is 2. The lowest BCUT2D eigenvalue weighted by Gasteiger charge is -2.35. The standard InChI is InChI=1S/C33H43N6O11P/c1-5-6-16-47-32(44)39-15-13-34-18-27(39)29(42)26(20-51(45)50-33(48-21(2)40)49-22(3)41)36-31(43)25-17-28(38-14-12-24(19-38)46-4)37-30(35-25)23-10-8-7-9-11-23/h7-11,17,24,26-27,33-34H,5-6,12-16,18-20H2,1-4H3/p+1. The normalized spacial score (nSPS) is 18.2. The maximum atomic E-state index is 14.2. The summed E-state index contributed by atoms with van der Waals surface area (Å²) >= 11 is 0. The molecule has 2 saturated heterocycles. The fourth-order valence-electron chi connectivity index (χ4n) is 5.42. The van der Waals surface area contributed by atoms with Crippen molar-refractivity contribution in [1.82, 2.24) is 25.5 Å². The number of hydrogen-bond donors (Lipinski definition) is 2. The number of unbranched alkanes of at least 4 members (excludes halogenated alkanes) is 1. The molecule has 18 heteroatoms. The topological polar surface area (TPSA) is 205 Å². The Kier molecular flexibility index (Phi) is 14.7. The Labute approximate surface area is 296 Å². The van der Waals surface area contributed by atoms with Gasteiger partial charge in [-0.15, -0.1) is 0 Å². The predicted octanol–water partition coefficient (Wildman–Crippen LogP) is 2.42. The molecule has 0 aliphatic carbocycles. The van der Waals surface area contributed by atoms with Crippen molar-refractivity contribution in [2.24, 2.45) is 0 Å². The molecule has 4 rings (SSSR count). The number of esters is 2. The average molecular weight is 732 g/mol. The highest BCUT2D eigenvalue weighted by Gasteiger charge is 2.43. The maximum Gasteiger partial charge on any atom is 0.518 e. The minimum Gasteiger partial charge on any atom is -0.449 e. The predicted molar refractivity (Wildman–Crippen MR) is 182 cm³/mol. The van der Waals surface area contributed by atoms with Crippen molar-refractivity contribution < 1.29 is 52.0 Å². The van der Waals surface area contributed by atoms with Gasteiger partial charge in [0, 0.05) is 65.3 Å². The number of benzene rings is 1. The number of rotatable bonds is 16. The van der Waals surface area contributed by atoms with Gasteiger partial charge in [0.1, 0.15) is 23.6 Å². The van der Waals surface area contributed by atoms with Crippen LogP contribution in [-0.2, 0) is 42.4 Å². The summed E-state index contributed by atoms with van der Waals surface area (Å²) < 4.78 is 39.0. The van der Waals surface area contributed by atoms with E-state index in [0.29, 0.717) is 37.4 Å². The van der Waals surface area contributed by atoms with Crippen LogP contribution in [0.4, 0.5) is 10.6 Å². The lowest BCUT2D eigenvalue weighted by atomic mass is 10.0. The number of anilines is 1. The molecule has 1 aromatic carbocycles. The molecule has 2 amide bonds. The third-order valence-corrected chi connectivity index (χ3v) is 9.09. The van der Waals surface area contributed by atoms with Gasteiger partial charge in [-0.1, -0.05) is 48.2 Å². The summed E-state index contributed by atoms with van der Waals surface area (Å²) in [6.45, 7) is 3.91. The first-order valence-corrected chi connectivity index (χ1v) is 18.0. The van der Waals surface area contributed by atoms with E-state index in [-0.39, 0.29) is 37.3 Å². The van der Waals surface area contributed by atoms with E-state index >= 15 is 0 Å². The first kappa shape index (κ1) is 39.2. The molecule has 1 aromatic heterocycles. The molecule has 4 unspecified atom stereocenters. The summed E-state index contributed by atoms with van der Waals surface area (Å²) in [6.07, 6.45) is 0.807. The zero-order valence-corrected chi connectivity index (χ0v) is 30.0. The number of methoxy groups -OCH3 is 1. The van der Waals surface area contributed by atoms with Crippen molar-refractivity contribution in [3.63, 3.8) is 0 Å². The Morgan fingerprint density at radius 2 is 1.78 bits per heavy atom. The van der Waals surface area contributed by atoms with E-state index in [1.807, 2.05) is 30.0 Å². The average Bonchev–Trinajstić information content (AvgIpc) is 3.60. The van der Waals surface area contributed by atoms with E-state index in [4.69, 9.17) is 28.5 Å². The summed E-state index contributed by atoms with van der Waals surface area (Å²) in [5.74, 6) is -2.52. The Morgan fingerprint density at radius 3 is 2.43 bits per heavy atom. The van der Waals surface area contributed by atoms with Crippen LogP contribution < -0.4 is 15.5 Å². The van der Waals surface area contributed by atoms with Crippen LogP contribution in [0.25, 0.3) is 11.4 Å². The number of nitrogens with zero attached hydrogens (tertiary/aromatic N) is 4. The van der Waals surface area contributed by atoms with Gasteiger partial charge in [0.25, 0.3) is 5.91 Å². The Hall–Kier alpha value is -4.57. The molecule has 4 atom stereocenters. The minimum atomic E-state index is -2.93. The fourth-order valence-corrected chi connectivity index (χ4v) is 6.35. The zero-order valence-electron chi connectivity index (χ0n) is 29.1. The fraction of sp³-hybridized carbons (Fsp3) is 0.545. The maximum absolute atomic E-state index is 14.2. The molecule has 276 valence electrons. The Bertz CT molecular complexity index is 1550. The highest BCUT2D eigenvalue weighted by atomic mass is 31.1. The molecule has 0 saturated carbocycles. The van der Waals surface area contributed by atoms with Gasteiger partial charge in [-0.2, -0.15) is 0 Å². The van der Waals surface area contributed by atoms with Crippen molar-refractivity contribution >= 4 is 43.6 Å². The van der Waals surface area contributed by atoms with Crippen molar-refractivity contribution in [1.29, 1.82) is 0 Å². The zero-order chi connectivity index (χ0) is 36.9. The molecule has 51 heavy (non-hydrogen) atoms. The minimum absolute atomic E-state index is 0.0285. The number of amides is 2. The second kappa shape index (κ2) is 19.2. The van der Waals surface area contributed by atoms with Crippen molar-refractivity contribution in [3.05, 3.63) is 42.1 Å². The number of hydrogen-bond acceptors (Lipinski definition) is 15. The molecular weight excluding hydrogens is 687 g/mol. The first-order valence-electron chi connectivity index (χ1n) is 16.7. The van der Waals surface area contributed by atoms with E-state index in [2.05, 4.69) is 15.6 Å². The molecule has 2 fully saturated rings. The van der Waals surface area contributed by atoms with Gasteiger partial charge in [0.15, 0.2) is 11.6 Å². The monoisotopic (exact) mass is 731 g/mol. The van der Waals surface area contributed by atoms with Crippen molar-refractivity contribution in [3.8, 4) is 11.4 Å². The molecule has 2 aromatic rings. The summed E-state index contributed by atoms with van der Waals surface area (Å²) in [4.78, 5) is 76.8. The highest BCUT2D eigenvalue weighted by molar-refractivity contribution is 7.39. The summed E-state index contributed by atoms with van der Waals surface area (Å²) in [5.41, 5.74) is 0.566. The van der Waals surface area contributed by atoms with E-state index in [1.165, 1.54) is 11.0 Å². The molecule has 17 nitrogen and oxygen atoms in total. The van der Waals surface area contributed by atoms with Crippen molar-refractivity contribution in [2.45, 2.75) is 64.7 Å². The van der Waals surface area contributed by atoms with Gasteiger partial charge < -0.3 is 34.5 Å². The summed E-state index contributed by atoms with van der Waals surface area (Å²) in [7, 11) is -1.30. The Morgan fingerprint density at radius 1 is 1.06 bits per heavy atom. The third-order valence-electron chi connectivity index (χ3n) is 8.02. The lowest BCUT2D eigenvalue weighted by Crippen LogP contribution is -2.61. The van der Waals surface area contributed by atoms with Crippen LogP contribution in [0.3, 0.4) is 0 Å². The van der Waals surface area contributed by atoms with Crippen LogP contribution in [-0.4, -0.2) is 122 Å². The Balaban J connectivity index is 1.66. The number of Topliss-reactive ketones (excluding diaryl/α,β-unsaturated/α-hetero) is 1. The van der Waals surface area contributed by atoms with Crippen LogP contribution in [0.15, 0.2) is 36.4 Å². The molecule has 2 aliphatic rings. The molecular formula is C33H44N6O11P+. The highest BCUT2D eigenvalue weighted by Crippen LogP contribution is 2.29. The molecule has 3 heterocycles. The van der Waals surface area contributed by atoms with Gasteiger partial charge >= 0.3 is 32.5 Å². The van der Waals surface area contributed by atoms with E-state index < -0.39 is 62.5 Å². The molecule has 2 aliphatic heterocycles. The number of carbonyl (C=O) groups excluding carboxylic acids is 5. The quantitative estimate of drug-likeness (QED) is 0.110. The second-order valence-electron chi connectivity index (χ2n) is 11.8. The molecule has 2 N–H and O–H groups in total. The van der Waals surface area contributed by atoms with Crippen molar-refractivity contribution in [2.75, 3.05) is 57.5 Å². The van der Waals surface area contributed by atoms with Crippen LogP contribution in [0, 0.1) is 0 Å². The van der Waals surface area contributed by atoms with E-state index in [9.17, 15) is 28.5 Å². The van der Waals surface area contributed by atoms with Crippen LogP contribution in [0.1, 0.15) is 50.5 Å². The number of piperazine rings is 1. The number of ether oxygens (including phenoxy) is 4. The molecule has 0 radical (unpaired) electrons. The van der Waals surface area contributed by atoms with Crippen LogP contribution in [0.5, 0.6) is 0 Å². The second-order valence-corrected chi connectivity index (χ2v) is 13.1. The summed E-state index contributed by atoms with van der Waals surface area (Å²) in [6, 6.07) is 7.90. The largest absolute Gasteiger partial charge is 0.518 e. The number of aromatic nitrogens is 2. The van der Waals surface area contributed by atoms with Crippen LogP contribution >= 0.6 is 8.03 Å². The van der Waals surface area contributed by atoms with Gasteiger partial charge in [-0.3, -0.25) is 24.1 Å². The van der Waals surface area contributed by atoms with Crippen LogP contribution in [0.2, 0.25) is 0 Å². The third kappa shape index (κ3) is 11.5. The lowest BCUT2D eigenvalue weighted by molar-refractivity contribution is -0.231. The van der Waals surface area contributed by atoms with E-state index in [0.717, 1.165) is 26.7 Å². The summed E-state index contributed by atoms with van der Waals surface area (Å²) in [5, 5.41) is 5.71. The smallest absolute Gasteiger partial charge is 0.449 e. The SMILES string of the molecule is CCCCOC(=O)N1CCNCC1C(=O)C(C[P+](=O)OC(OC(C)=O)OC(C)=O)NC(=O)c1cc(N2CCC(OC)C2)nc(-c2ccccc2)n1. The first-order chi connectivity index (χ1) is 24.5. The van der Waals surface area contributed by atoms with Gasteiger partial charge in [-0.05, 0) is 17.4 Å². The number of carbonyl (C=O) groups is 5. The van der Waals surface area contributed by atoms with Gasteiger partial charge in [0.2, 0.25) is 6.16 Å². The number of ketones is 1. The van der Waals surface area contributed by atoms with Gasteiger partial charge in [-0.25, -0.2) is 14.8 Å². The van der Waals surface area contributed by atoms with Gasteiger partial charge in [0.05, 0.1) is 12.7 Å². The molecule has 0 spiro atoms. The van der Waals surface area contributed by atoms with E-state index in [1.54, 1.807) is 19.2 Å². The molecule has 0 bridgehead atoms.